The Hall–Kier alpha value is -15.8. The van der Waals surface area contributed by atoms with Gasteiger partial charge in [-0.1, -0.05) is 369 Å². The molecule has 3 nitrogen and oxygen atoms in total. The molecule has 652 valence electrons. The summed E-state index contributed by atoms with van der Waals surface area (Å²) in [7, 11) is 0. The van der Waals surface area contributed by atoms with Gasteiger partial charge in [-0.05, 0) is 272 Å². The van der Waals surface area contributed by atoms with Gasteiger partial charge in [0.1, 0.15) is 0 Å². The largest absolute Gasteiger partial charge is 0.310 e. The fourth-order valence-electron chi connectivity index (χ4n) is 22.3. The molecule has 0 atom stereocenters. The summed E-state index contributed by atoms with van der Waals surface area (Å²) in [5.41, 5.74) is 36.4. The van der Waals surface area contributed by atoms with Crippen LogP contribution in [0.25, 0.3) is 160 Å². The number of benzene rings is 21. The van der Waals surface area contributed by atoms with E-state index in [1.807, 2.05) is 34.0 Å². The predicted molar refractivity (Wildman–Crippen MR) is 591 cm³/mol. The zero-order valence-corrected chi connectivity index (χ0v) is 79.5. The molecule has 21 aromatic carbocycles. The lowest BCUT2D eigenvalue weighted by atomic mass is 9.82. The topological polar surface area (TPSA) is 9.72 Å². The van der Waals surface area contributed by atoms with Crippen LogP contribution in [0.5, 0.6) is 0 Å². The van der Waals surface area contributed by atoms with Gasteiger partial charge in [0.05, 0.1) is 0 Å². The van der Waals surface area contributed by atoms with E-state index in [-0.39, 0.29) is 16.2 Å². The third kappa shape index (κ3) is 14.3. The molecule has 0 saturated heterocycles. The third-order valence-corrected chi connectivity index (χ3v) is 32.7. The molecule has 0 saturated carbocycles. The van der Waals surface area contributed by atoms with Crippen LogP contribution in [0.4, 0.5) is 51.2 Å². The van der Waals surface area contributed by atoms with Gasteiger partial charge in [0.2, 0.25) is 0 Å². The van der Waals surface area contributed by atoms with Crippen molar-refractivity contribution in [2.45, 2.75) is 57.8 Å². The van der Waals surface area contributed by atoms with Crippen molar-refractivity contribution >= 4 is 167 Å². The van der Waals surface area contributed by atoms with Gasteiger partial charge in [0, 0.05) is 128 Å². The average molecular weight is 1810 g/mol. The average Bonchev–Trinajstić information content (AvgIpc) is 1.56. The van der Waals surface area contributed by atoms with Crippen LogP contribution in [0.15, 0.2) is 467 Å². The van der Waals surface area contributed by atoms with Crippen LogP contribution in [0.2, 0.25) is 0 Å². The van der Waals surface area contributed by atoms with Crippen molar-refractivity contribution < 1.29 is 0 Å². The lowest BCUT2D eigenvalue weighted by molar-refractivity contribution is 0.667. The van der Waals surface area contributed by atoms with Gasteiger partial charge >= 0.3 is 0 Å². The first-order valence-corrected chi connectivity index (χ1v) is 49.9. The first kappa shape index (κ1) is 83.1. The van der Waals surface area contributed by atoms with Crippen molar-refractivity contribution in [1.82, 2.24) is 0 Å². The van der Waals surface area contributed by atoms with Crippen molar-refractivity contribution in [2.24, 2.45) is 0 Å². The number of nitrogens with zero attached hydrogens (tertiary/aromatic N) is 3. The van der Waals surface area contributed by atoms with E-state index in [4.69, 9.17) is 0 Å². The fraction of sp³-hybridized carbons (Fsp3) is 0.0687. The second-order valence-corrected chi connectivity index (χ2v) is 41.3. The predicted octanol–water partition coefficient (Wildman–Crippen LogP) is 38.5. The smallest absolute Gasteiger partial charge is 0.0468 e. The molecule has 0 amide bonds. The second kappa shape index (κ2) is 33.4. The highest BCUT2D eigenvalue weighted by Crippen LogP contribution is 2.60. The summed E-state index contributed by atoms with van der Waals surface area (Å²) in [5.74, 6) is 0. The van der Waals surface area contributed by atoms with Crippen molar-refractivity contribution in [3.63, 3.8) is 0 Å². The minimum Gasteiger partial charge on any atom is -0.310 e. The Labute approximate surface area is 811 Å². The van der Waals surface area contributed by atoms with Crippen LogP contribution < -0.4 is 14.7 Å². The van der Waals surface area contributed by atoms with Crippen LogP contribution in [-0.2, 0) is 16.2 Å². The van der Waals surface area contributed by atoms with Crippen molar-refractivity contribution in [3.05, 3.63) is 500 Å². The lowest BCUT2D eigenvalue weighted by Gasteiger charge is -2.28. The molecular weight excluding hydrogens is 1710 g/mol. The van der Waals surface area contributed by atoms with Crippen LogP contribution >= 0.6 is 34.0 Å². The van der Waals surface area contributed by atoms with Crippen LogP contribution in [0.1, 0.15) is 74.9 Å². The highest BCUT2D eigenvalue weighted by atomic mass is 32.1. The quantitative estimate of drug-likeness (QED) is 0.114. The normalized spacial score (nSPS) is 13.2. The summed E-state index contributed by atoms with van der Waals surface area (Å²) in [6.45, 7) is 14.4. The maximum Gasteiger partial charge on any atom is 0.0468 e. The molecule has 0 unspecified atom stereocenters. The van der Waals surface area contributed by atoms with E-state index in [9.17, 15) is 0 Å². The summed E-state index contributed by atoms with van der Waals surface area (Å²) < 4.78 is 8.32. The molecule has 24 aromatic rings. The SMILES string of the molecule is CC1(C)c2cc(N(c3ccccc3)c3ccc(-c4ccc5ccccc5c4)cc3)ccc2-c2ccc3c(sc4ccccc43)c21.CC1(C)c2ccc(N(c3ccc(-c4ccccc4)cc3)c3ccc(-c4ccccc4)cc3)cc2-c2ccc3c(sc4ccccc43)c21.CC1(C)c2ccc(N(c3ccccc3)c3ccc(-c4ccc5ccccc5c4)cc3)cc2-c2ccc3c(sc4ccccc43)c21. The molecule has 137 heavy (non-hydrogen) atoms. The Morgan fingerprint density at radius 1 is 0.161 bits per heavy atom. The number of anilines is 9. The number of hydrogen-bond acceptors (Lipinski definition) is 6. The van der Waals surface area contributed by atoms with Crippen LogP contribution in [0.3, 0.4) is 0 Å². The van der Waals surface area contributed by atoms with Gasteiger partial charge in [0.25, 0.3) is 0 Å². The van der Waals surface area contributed by atoms with E-state index in [1.54, 1.807) is 0 Å². The van der Waals surface area contributed by atoms with Gasteiger partial charge in [-0.15, -0.1) is 34.0 Å². The van der Waals surface area contributed by atoms with Crippen molar-refractivity contribution in [1.29, 1.82) is 0 Å². The maximum atomic E-state index is 2.43. The van der Waals surface area contributed by atoms with Gasteiger partial charge < -0.3 is 14.7 Å². The zero-order valence-electron chi connectivity index (χ0n) is 77.0. The summed E-state index contributed by atoms with van der Waals surface area (Å²) in [6.07, 6.45) is 0. The molecule has 3 aromatic heterocycles. The monoisotopic (exact) mass is 1810 g/mol. The highest BCUT2D eigenvalue weighted by Gasteiger charge is 2.42. The molecule has 0 aliphatic heterocycles. The first-order chi connectivity index (χ1) is 67.2. The molecule has 3 heterocycles. The first-order valence-electron chi connectivity index (χ1n) is 47.5. The van der Waals surface area contributed by atoms with Crippen molar-refractivity contribution in [2.75, 3.05) is 14.7 Å². The Bertz CT molecular complexity index is 8750. The van der Waals surface area contributed by atoms with E-state index < -0.39 is 0 Å². The number of fused-ring (bicyclic) bond motifs is 23. The molecule has 0 N–H and O–H groups in total. The minimum atomic E-state index is -0.122. The van der Waals surface area contributed by atoms with E-state index in [0.29, 0.717) is 0 Å². The van der Waals surface area contributed by atoms with Gasteiger partial charge in [-0.2, -0.15) is 0 Å². The Morgan fingerprint density at radius 3 is 0.781 bits per heavy atom. The molecule has 6 heteroatoms. The third-order valence-electron chi connectivity index (χ3n) is 29.1. The van der Waals surface area contributed by atoms with Crippen molar-refractivity contribution in [3.8, 4) is 77.9 Å². The minimum absolute atomic E-state index is 0.0807. The van der Waals surface area contributed by atoms with E-state index in [0.717, 1.165) is 39.8 Å². The molecule has 3 aliphatic carbocycles. The number of hydrogen-bond donors (Lipinski definition) is 0. The number of para-hydroxylation sites is 2. The standard InChI is InChI=1S/C45H33NS.2C43H31NS/c1-45(2)41-28-25-36(29-40(41)38-26-27-39-37-15-9-10-16-42(37)47-44(39)43(38)45)46(34-21-17-32(18-22-34)30-11-5-3-6-12-30)35-23-19-33(20-24-35)31-13-7-4-8-14-31;1-43(2)39-25-22-34(27-38(39)36-23-24-37-35-14-8-9-15-40(35)45-42(37)41(36)43)44(32-12-4-3-5-13-32)33-20-18-29(19-21-33)31-17-16-28-10-6-7-11-30(28)26-31;1-43(2)39-27-34(22-23-35(39)37-24-25-38-36-14-8-9-15-40(36)45-42(38)41(37)43)44(32-12-4-3-5-13-32)33-20-18-29(19-21-33)31-17-16-28-10-6-7-11-30(28)26-31/h3-29H,1-2H3;2*3-27H,1-2H3. The van der Waals surface area contributed by atoms with Gasteiger partial charge in [-0.25, -0.2) is 0 Å². The molecule has 0 bridgehead atoms. The molecule has 0 fully saturated rings. The van der Waals surface area contributed by atoms with Gasteiger partial charge in [0.15, 0.2) is 0 Å². The summed E-state index contributed by atoms with van der Waals surface area (Å²) in [6, 6.07) is 171. The molecule has 27 rings (SSSR count). The molecular formula is C131H95N3S3. The molecule has 0 radical (unpaired) electrons. The summed E-state index contributed by atoms with van der Waals surface area (Å²) in [4.78, 5) is 7.17. The number of thiophene rings is 3. The molecule has 0 spiro atoms. The summed E-state index contributed by atoms with van der Waals surface area (Å²) in [5, 5.41) is 13.2. The maximum absolute atomic E-state index is 2.43. The number of rotatable bonds is 13. The van der Waals surface area contributed by atoms with E-state index >= 15 is 0 Å². The van der Waals surface area contributed by atoms with E-state index in [2.05, 4.69) is 523 Å². The Balaban J connectivity index is 0.000000109. The lowest BCUT2D eigenvalue weighted by Crippen LogP contribution is -2.16. The van der Waals surface area contributed by atoms with Gasteiger partial charge in [-0.3, -0.25) is 0 Å². The van der Waals surface area contributed by atoms with E-state index in [1.165, 1.54) is 205 Å². The van der Waals surface area contributed by atoms with Crippen LogP contribution in [0, 0.1) is 0 Å². The fourth-order valence-corrected chi connectivity index (χ4v) is 26.5. The Morgan fingerprint density at radius 2 is 0.416 bits per heavy atom. The highest BCUT2D eigenvalue weighted by molar-refractivity contribution is 7.27. The Kier molecular flexibility index (Phi) is 20.2. The summed E-state index contributed by atoms with van der Waals surface area (Å²) >= 11 is 5.80. The second-order valence-electron chi connectivity index (χ2n) is 38.2. The van der Waals surface area contributed by atoms with Crippen LogP contribution in [-0.4, -0.2) is 0 Å². The molecule has 3 aliphatic rings. The zero-order chi connectivity index (χ0) is 91.8.